The second-order valence-corrected chi connectivity index (χ2v) is 7.01. The van der Waals surface area contributed by atoms with Crippen molar-refractivity contribution < 1.29 is 19.7 Å². The highest BCUT2D eigenvalue weighted by Crippen LogP contribution is 2.40. The molecular weight excluding hydrogens is 392 g/mol. The van der Waals surface area contributed by atoms with E-state index in [-0.39, 0.29) is 47.0 Å². The Labute approximate surface area is 162 Å². The van der Waals surface area contributed by atoms with Crippen molar-refractivity contribution in [3.63, 3.8) is 0 Å². The number of aliphatic hydroxyl groups excluding tert-OH is 2. The number of hydrogen-bond donors (Lipinski definition) is 6. The number of furan rings is 1. The molecule has 0 spiro atoms. The molecule has 11 nitrogen and oxygen atoms in total. The van der Waals surface area contributed by atoms with Gasteiger partial charge < -0.3 is 30.8 Å². The summed E-state index contributed by atoms with van der Waals surface area (Å²) in [7, 11) is 0. The lowest BCUT2D eigenvalue weighted by Crippen LogP contribution is -2.48. The molecule has 0 radical (unpaired) electrons. The van der Waals surface area contributed by atoms with Crippen LogP contribution in [0.15, 0.2) is 21.5 Å². The number of halogens is 1. The van der Waals surface area contributed by atoms with E-state index in [1.807, 2.05) is 0 Å². The molecule has 4 rings (SSSR count). The fourth-order valence-corrected chi connectivity index (χ4v) is 3.64. The van der Waals surface area contributed by atoms with E-state index in [2.05, 4.69) is 25.3 Å². The number of nitrogens with one attached hydrogen (secondary N) is 2. The smallest absolute Gasteiger partial charge is 0.347 e. The standard InChI is InChI=1S/C16H17ClN6O5/c17-11-9(8-3-7-4-19-15(26)22-13(7)28-8)12(21-14(18)20-11)23-16(27)2-1-6(5-24)10(16)25/h3-4,6,10,24-25,27H,1-2,5H2,(H,19,22,26)(H3,18,20,21,23). The summed E-state index contributed by atoms with van der Waals surface area (Å²) in [5.41, 5.74) is 3.71. The number of aliphatic hydroxyl groups is 3. The SMILES string of the molecule is Nc1nc(Cl)c(-c2cc3cnc(=O)[nH]c3o2)c(NC2(O)CCC(CO)C2O)n1. The third-order valence-corrected chi connectivity index (χ3v) is 5.11. The Kier molecular flexibility index (Phi) is 4.46. The largest absolute Gasteiger partial charge is 0.439 e. The Hall–Kier alpha value is -2.73. The molecular formula is C16H17ClN6O5. The molecule has 1 aliphatic carbocycles. The van der Waals surface area contributed by atoms with Gasteiger partial charge >= 0.3 is 5.69 Å². The van der Waals surface area contributed by atoms with E-state index in [1.165, 1.54) is 6.20 Å². The van der Waals surface area contributed by atoms with Crippen molar-refractivity contribution in [1.29, 1.82) is 0 Å². The van der Waals surface area contributed by atoms with Gasteiger partial charge in [0.2, 0.25) is 11.7 Å². The maximum absolute atomic E-state index is 11.4. The molecule has 1 saturated carbocycles. The average molecular weight is 409 g/mol. The second-order valence-electron chi connectivity index (χ2n) is 6.66. The summed E-state index contributed by atoms with van der Waals surface area (Å²) in [5, 5.41) is 33.8. The van der Waals surface area contributed by atoms with Gasteiger partial charge in [-0.05, 0) is 18.9 Å². The highest BCUT2D eigenvalue weighted by molar-refractivity contribution is 6.32. The number of nitrogens with two attached hydrogens (primary N) is 1. The first-order valence-corrected chi connectivity index (χ1v) is 8.80. The second kappa shape index (κ2) is 6.71. The normalized spacial score (nSPS) is 24.7. The summed E-state index contributed by atoms with van der Waals surface area (Å²) in [6.45, 7) is -0.269. The van der Waals surface area contributed by atoms with Gasteiger partial charge in [-0.25, -0.2) is 14.8 Å². The van der Waals surface area contributed by atoms with Gasteiger partial charge in [0.05, 0.1) is 10.9 Å². The van der Waals surface area contributed by atoms with Crippen LogP contribution < -0.4 is 16.7 Å². The van der Waals surface area contributed by atoms with Gasteiger partial charge in [-0.3, -0.25) is 4.98 Å². The van der Waals surface area contributed by atoms with E-state index < -0.39 is 23.4 Å². The Morgan fingerprint density at radius 1 is 1.46 bits per heavy atom. The topological polar surface area (TPSA) is 183 Å². The molecule has 7 N–H and O–H groups in total. The first-order chi connectivity index (χ1) is 13.3. The van der Waals surface area contributed by atoms with Crippen LogP contribution in [-0.4, -0.2) is 53.7 Å². The number of hydrogen-bond acceptors (Lipinski definition) is 10. The molecule has 28 heavy (non-hydrogen) atoms. The zero-order chi connectivity index (χ0) is 20.1. The van der Waals surface area contributed by atoms with Gasteiger partial charge in [0.15, 0.2) is 5.72 Å². The molecule has 0 bridgehead atoms. The molecule has 148 valence electrons. The molecule has 3 atom stereocenters. The zero-order valence-electron chi connectivity index (χ0n) is 14.4. The minimum atomic E-state index is -1.76. The minimum absolute atomic E-state index is 0.0343. The fraction of sp³-hybridized carbons (Fsp3) is 0.375. The predicted octanol–water partition coefficient (Wildman–Crippen LogP) is 0.0724. The van der Waals surface area contributed by atoms with E-state index in [1.54, 1.807) is 6.07 Å². The van der Waals surface area contributed by atoms with Crippen molar-refractivity contribution in [2.45, 2.75) is 24.7 Å². The molecule has 3 unspecified atom stereocenters. The Bertz CT molecular complexity index is 1100. The van der Waals surface area contributed by atoms with Crippen molar-refractivity contribution in [1.82, 2.24) is 19.9 Å². The third-order valence-electron chi connectivity index (χ3n) is 4.83. The molecule has 3 aromatic heterocycles. The van der Waals surface area contributed by atoms with Crippen molar-refractivity contribution >= 4 is 34.5 Å². The third kappa shape index (κ3) is 3.07. The predicted molar refractivity (Wildman–Crippen MR) is 99.5 cm³/mol. The van der Waals surface area contributed by atoms with Crippen LogP contribution in [0.3, 0.4) is 0 Å². The van der Waals surface area contributed by atoms with Crippen LogP contribution in [0.25, 0.3) is 22.4 Å². The first kappa shape index (κ1) is 18.6. The lowest BCUT2D eigenvalue weighted by atomic mass is 10.0. The minimum Gasteiger partial charge on any atom is -0.439 e. The van der Waals surface area contributed by atoms with Crippen LogP contribution in [0.2, 0.25) is 5.15 Å². The van der Waals surface area contributed by atoms with Gasteiger partial charge in [-0.15, -0.1) is 0 Å². The summed E-state index contributed by atoms with van der Waals surface area (Å²) in [6, 6.07) is 1.57. The summed E-state index contributed by atoms with van der Waals surface area (Å²) in [6.07, 6.45) is 0.664. The van der Waals surface area contributed by atoms with Gasteiger partial charge in [0.25, 0.3) is 0 Å². The number of fused-ring (bicyclic) bond motifs is 1. The maximum Gasteiger partial charge on any atom is 0.347 e. The van der Waals surface area contributed by atoms with E-state index in [0.717, 1.165) is 0 Å². The molecule has 12 heteroatoms. The molecule has 3 aromatic rings. The maximum atomic E-state index is 11.4. The molecule has 1 aliphatic rings. The number of H-pyrrole nitrogens is 1. The van der Waals surface area contributed by atoms with Crippen molar-refractivity contribution in [2.24, 2.45) is 5.92 Å². The highest BCUT2D eigenvalue weighted by Gasteiger charge is 2.47. The summed E-state index contributed by atoms with van der Waals surface area (Å²) in [5.74, 6) is -0.414. The molecule has 1 fully saturated rings. The zero-order valence-corrected chi connectivity index (χ0v) is 15.1. The van der Waals surface area contributed by atoms with Gasteiger partial charge in [-0.1, -0.05) is 11.6 Å². The Morgan fingerprint density at radius 2 is 2.25 bits per heavy atom. The lowest BCUT2D eigenvalue weighted by Gasteiger charge is -2.30. The van der Waals surface area contributed by atoms with Crippen molar-refractivity contribution in [3.8, 4) is 11.3 Å². The van der Waals surface area contributed by atoms with Gasteiger partial charge in [-0.2, -0.15) is 4.98 Å². The fourth-order valence-electron chi connectivity index (χ4n) is 3.37. The van der Waals surface area contributed by atoms with Crippen LogP contribution in [0.1, 0.15) is 12.8 Å². The van der Waals surface area contributed by atoms with Crippen LogP contribution >= 0.6 is 11.6 Å². The quantitative estimate of drug-likeness (QED) is 0.255. The number of nitrogens with zero attached hydrogens (tertiary/aromatic N) is 3. The highest BCUT2D eigenvalue weighted by atomic mass is 35.5. The lowest BCUT2D eigenvalue weighted by molar-refractivity contribution is -0.0545. The monoisotopic (exact) mass is 408 g/mol. The van der Waals surface area contributed by atoms with E-state index in [9.17, 15) is 20.1 Å². The number of aromatic amines is 1. The average Bonchev–Trinajstić information content (AvgIpc) is 3.15. The van der Waals surface area contributed by atoms with E-state index in [0.29, 0.717) is 11.8 Å². The summed E-state index contributed by atoms with van der Waals surface area (Å²) in [4.78, 5) is 25.5. The van der Waals surface area contributed by atoms with Gasteiger partial charge in [0, 0.05) is 18.7 Å². The number of rotatable bonds is 4. The summed E-state index contributed by atoms with van der Waals surface area (Å²) >= 11 is 6.25. The Morgan fingerprint density at radius 3 is 2.96 bits per heavy atom. The number of nitrogen functional groups attached to an aromatic ring is 1. The number of aromatic nitrogens is 4. The van der Waals surface area contributed by atoms with Crippen LogP contribution in [0, 0.1) is 5.92 Å². The van der Waals surface area contributed by atoms with Crippen molar-refractivity contribution in [3.05, 3.63) is 27.9 Å². The van der Waals surface area contributed by atoms with Crippen LogP contribution in [-0.2, 0) is 0 Å². The Balaban J connectivity index is 1.81. The van der Waals surface area contributed by atoms with E-state index in [4.69, 9.17) is 21.8 Å². The molecule has 0 saturated heterocycles. The molecule has 0 amide bonds. The first-order valence-electron chi connectivity index (χ1n) is 8.42. The molecule has 0 aliphatic heterocycles. The van der Waals surface area contributed by atoms with E-state index >= 15 is 0 Å². The molecule has 0 aromatic carbocycles. The van der Waals surface area contributed by atoms with Crippen molar-refractivity contribution in [2.75, 3.05) is 17.7 Å². The number of anilines is 2. The van der Waals surface area contributed by atoms with Gasteiger partial charge in [0.1, 0.15) is 22.8 Å². The summed E-state index contributed by atoms with van der Waals surface area (Å²) < 4.78 is 5.64. The van der Waals surface area contributed by atoms with Crippen LogP contribution in [0.5, 0.6) is 0 Å². The molecule has 3 heterocycles. The van der Waals surface area contributed by atoms with Crippen LogP contribution in [0.4, 0.5) is 11.8 Å².